The Labute approximate surface area is 179 Å². The molecule has 7 heteroatoms. The lowest BCUT2D eigenvalue weighted by molar-refractivity contribution is 0.201. The predicted octanol–water partition coefficient (Wildman–Crippen LogP) is 2.76. The molecular formula is C22H34N6S. The first-order valence-electron chi connectivity index (χ1n) is 10.6. The Morgan fingerprint density at radius 3 is 2.59 bits per heavy atom. The van der Waals surface area contributed by atoms with Gasteiger partial charge in [-0.2, -0.15) is 0 Å². The lowest BCUT2D eigenvalue weighted by atomic mass is 10.2. The normalized spacial score (nSPS) is 16.7. The molecule has 0 bridgehead atoms. The summed E-state index contributed by atoms with van der Waals surface area (Å²) < 4.78 is 0. The minimum Gasteiger partial charge on any atom is -0.369 e. The quantitative estimate of drug-likeness (QED) is 0.514. The van der Waals surface area contributed by atoms with E-state index >= 15 is 0 Å². The van der Waals surface area contributed by atoms with Crippen LogP contribution in [-0.4, -0.2) is 67.7 Å². The first-order valence-corrected chi connectivity index (χ1v) is 11.5. The number of nitrogens with one attached hydrogen (secondary N) is 2. The third-order valence-electron chi connectivity index (χ3n) is 5.26. The van der Waals surface area contributed by atoms with E-state index in [1.165, 1.54) is 5.69 Å². The maximum absolute atomic E-state index is 4.82. The highest BCUT2D eigenvalue weighted by atomic mass is 32.1. The van der Waals surface area contributed by atoms with Crippen LogP contribution in [0.5, 0.6) is 0 Å². The fourth-order valence-electron chi connectivity index (χ4n) is 3.57. The summed E-state index contributed by atoms with van der Waals surface area (Å²) in [5.74, 6) is 0.897. The van der Waals surface area contributed by atoms with Gasteiger partial charge in [0.1, 0.15) is 0 Å². The van der Waals surface area contributed by atoms with Gasteiger partial charge in [-0.05, 0) is 32.9 Å². The first-order chi connectivity index (χ1) is 14.2. The predicted molar refractivity (Wildman–Crippen MR) is 124 cm³/mol. The van der Waals surface area contributed by atoms with E-state index in [1.54, 1.807) is 11.3 Å². The number of anilines is 1. The van der Waals surface area contributed by atoms with Gasteiger partial charge in [-0.1, -0.05) is 18.2 Å². The van der Waals surface area contributed by atoms with E-state index in [0.29, 0.717) is 6.04 Å². The van der Waals surface area contributed by atoms with Crippen LogP contribution in [0.25, 0.3) is 0 Å². The van der Waals surface area contributed by atoms with Crippen molar-refractivity contribution < 1.29 is 0 Å². The van der Waals surface area contributed by atoms with E-state index in [2.05, 4.69) is 75.0 Å². The second-order valence-electron chi connectivity index (χ2n) is 7.46. The maximum Gasteiger partial charge on any atom is 0.191 e. The zero-order valence-corrected chi connectivity index (χ0v) is 18.7. The maximum atomic E-state index is 4.82. The number of para-hydroxylation sites is 1. The number of rotatable bonds is 8. The molecule has 1 unspecified atom stereocenters. The van der Waals surface area contributed by atoms with Crippen molar-refractivity contribution in [1.82, 2.24) is 20.5 Å². The number of hydrogen-bond donors (Lipinski definition) is 2. The van der Waals surface area contributed by atoms with Crippen LogP contribution in [0.4, 0.5) is 5.69 Å². The molecule has 29 heavy (non-hydrogen) atoms. The van der Waals surface area contributed by atoms with Crippen LogP contribution in [0.3, 0.4) is 0 Å². The molecule has 0 aliphatic carbocycles. The summed E-state index contributed by atoms with van der Waals surface area (Å²) in [6.07, 6.45) is 0.922. The molecule has 1 aliphatic rings. The van der Waals surface area contributed by atoms with Gasteiger partial charge in [-0.15, -0.1) is 11.3 Å². The topological polar surface area (TPSA) is 55.8 Å². The Kier molecular flexibility index (Phi) is 8.31. The van der Waals surface area contributed by atoms with Crippen LogP contribution in [0, 0.1) is 6.92 Å². The molecule has 1 atom stereocenters. The van der Waals surface area contributed by atoms with Crippen molar-refractivity contribution in [3.63, 3.8) is 0 Å². The number of aliphatic imine (C=N–C) groups is 1. The molecule has 1 aromatic heterocycles. The standard InChI is InChI=1S/C22H34N6S/c1-4-23-22(24-11-10-20-17-29-19(3)26-20)25-16-18(2)27-12-14-28(15-13-27)21-8-6-5-7-9-21/h5-9,17-18H,4,10-16H2,1-3H3,(H2,23,24,25). The molecule has 2 heterocycles. The van der Waals surface area contributed by atoms with Crippen molar-refractivity contribution in [2.24, 2.45) is 4.99 Å². The molecule has 1 fully saturated rings. The molecular weight excluding hydrogens is 380 g/mol. The molecule has 0 spiro atoms. The summed E-state index contributed by atoms with van der Waals surface area (Å²) >= 11 is 1.71. The largest absolute Gasteiger partial charge is 0.369 e. The van der Waals surface area contributed by atoms with Gasteiger partial charge < -0.3 is 15.5 Å². The van der Waals surface area contributed by atoms with Crippen LogP contribution in [0.1, 0.15) is 24.5 Å². The number of guanidine groups is 1. The molecule has 0 saturated carbocycles. The molecule has 1 aliphatic heterocycles. The number of aromatic nitrogens is 1. The third kappa shape index (κ3) is 6.72. The monoisotopic (exact) mass is 414 g/mol. The van der Waals surface area contributed by atoms with E-state index in [4.69, 9.17) is 4.99 Å². The summed E-state index contributed by atoms with van der Waals surface area (Å²) in [7, 11) is 0. The first kappa shape index (κ1) is 21.6. The van der Waals surface area contributed by atoms with Crippen LogP contribution < -0.4 is 15.5 Å². The van der Waals surface area contributed by atoms with E-state index in [9.17, 15) is 0 Å². The fraction of sp³-hybridized carbons (Fsp3) is 0.545. The Hall–Kier alpha value is -2.12. The summed E-state index contributed by atoms with van der Waals surface area (Å²) in [6.45, 7) is 13.3. The average molecular weight is 415 g/mol. The van der Waals surface area contributed by atoms with Crippen LogP contribution in [0.15, 0.2) is 40.7 Å². The van der Waals surface area contributed by atoms with Gasteiger partial charge in [-0.3, -0.25) is 9.89 Å². The highest BCUT2D eigenvalue weighted by molar-refractivity contribution is 7.09. The van der Waals surface area contributed by atoms with Gasteiger partial charge in [-0.25, -0.2) is 4.98 Å². The Bertz CT molecular complexity index is 752. The molecule has 2 N–H and O–H groups in total. The summed E-state index contributed by atoms with van der Waals surface area (Å²) in [5.41, 5.74) is 2.48. The number of nitrogens with zero attached hydrogens (tertiary/aromatic N) is 4. The van der Waals surface area contributed by atoms with Crippen LogP contribution >= 0.6 is 11.3 Å². The molecule has 6 nitrogen and oxygen atoms in total. The SMILES string of the molecule is CCNC(=NCC(C)N1CCN(c2ccccc2)CC1)NCCc1csc(C)n1. The Morgan fingerprint density at radius 1 is 1.17 bits per heavy atom. The molecule has 3 rings (SSSR count). The minimum atomic E-state index is 0.435. The van der Waals surface area contributed by atoms with Gasteiger partial charge in [0.05, 0.1) is 17.2 Å². The molecule has 2 aromatic rings. The number of hydrogen-bond acceptors (Lipinski definition) is 5. The number of aryl methyl sites for hydroxylation is 1. The third-order valence-corrected chi connectivity index (χ3v) is 6.08. The van der Waals surface area contributed by atoms with Crippen molar-refractivity contribution in [2.75, 3.05) is 50.7 Å². The highest BCUT2D eigenvalue weighted by Gasteiger charge is 2.21. The lowest BCUT2D eigenvalue weighted by Crippen LogP contribution is -2.50. The van der Waals surface area contributed by atoms with Crippen molar-refractivity contribution in [1.29, 1.82) is 0 Å². The summed E-state index contributed by atoms with van der Waals surface area (Å²) in [4.78, 5) is 14.4. The molecule has 0 amide bonds. The Balaban J connectivity index is 1.43. The van der Waals surface area contributed by atoms with Gasteiger partial charge in [0.25, 0.3) is 0 Å². The molecule has 1 saturated heterocycles. The van der Waals surface area contributed by atoms with Gasteiger partial charge in [0.2, 0.25) is 0 Å². The van der Waals surface area contributed by atoms with E-state index in [1.807, 2.05) is 6.92 Å². The Morgan fingerprint density at radius 2 is 1.93 bits per heavy atom. The van der Waals surface area contributed by atoms with Crippen LogP contribution in [0.2, 0.25) is 0 Å². The highest BCUT2D eigenvalue weighted by Crippen LogP contribution is 2.16. The average Bonchev–Trinajstić information content (AvgIpc) is 3.17. The number of piperazine rings is 1. The molecule has 0 radical (unpaired) electrons. The van der Waals surface area contributed by atoms with E-state index in [-0.39, 0.29) is 0 Å². The van der Waals surface area contributed by atoms with Crippen molar-refractivity contribution in [3.8, 4) is 0 Å². The van der Waals surface area contributed by atoms with Gasteiger partial charge in [0.15, 0.2) is 5.96 Å². The summed E-state index contributed by atoms with van der Waals surface area (Å²) in [5, 5.41) is 10.1. The minimum absolute atomic E-state index is 0.435. The molecule has 1 aromatic carbocycles. The van der Waals surface area contributed by atoms with Crippen LogP contribution in [-0.2, 0) is 6.42 Å². The molecule has 158 valence electrons. The fourth-order valence-corrected chi connectivity index (χ4v) is 4.22. The smallest absolute Gasteiger partial charge is 0.191 e. The van der Waals surface area contributed by atoms with Gasteiger partial charge >= 0.3 is 0 Å². The lowest BCUT2D eigenvalue weighted by Gasteiger charge is -2.38. The second kappa shape index (κ2) is 11.2. The van der Waals surface area contributed by atoms with E-state index < -0.39 is 0 Å². The summed E-state index contributed by atoms with van der Waals surface area (Å²) in [6, 6.07) is 11.1. The zero-order chi connectivity index (χ0) is 20.5. The van der Waals surface area contributed by atoms with Gasteiger partial charge in [0, 0.05) is 62.8 Å². The van der Waals surface area contributed by atoms with Crippen molar-refractivity contribution >= 4 is 23.0 Å². The van der Waals surface area contributed by atoms with Crippen molar-refractivity contribution in [3.05, 3.63) is 46.4 Å². The number of thiazole rings is 1. The van der Waals surface area contributed by atoms with Crippen molar-refractivity contribution in [2.45, 2.75) is 33.2 Å². The van der Waals surface area contributed by atoms with E-state index in [0.717, 1.165) is 68.9 Å². The zero-order valence-electron chi connectivity index (χ0n) is 17.9. The second-order valence-corrected chi connectivity index (χ2v) is 8.52. The number of benzene rings is 1.